The van der Waals surface area contributed by atoms with E-state index in [9.17, 15) is 22.8 Å². The first-order valence-corrected chi connectivity index (χ1v) is 8.00. The van der Waals surface area contributed by atoms with Crippen molar-refractivity contribution < 1.29 is 27.2 Å². The van der Waals surface area contributed by atoms with E-state index in [0.29, 0.717) is 18.7 Å². The Morgan fingerprint density at radius 3 is 2.81 bits per heavy atom. The number of alkyl halides is 2. The predicted octanol–water partition coefficient (Wildman–Crippen LogP) is 2.48. The Kier molecular flexibility index (Phi) is 3.74. The Labute approximate surface area is 145 Å². The molecule has 136 valence electrons. The van der Waals surface area contributed by atoms with Crippen molar-refractivity contribution in [2.24, 2.45) is 11.7 Å². The molecule has 3 unspecified atom stereocenters. The number of primary amides is 1. The summed E-state index contributed by atoms with van der Waals surface area (Å²) >= 11 is 0. The highest BCUT2D eigenvalue weighted by Crippen LogP contribution is 2.53. The molecule has 1 aliphatic carbocycles. The van der Waals surface area contributed by atoms with Crippen LogP contribution in [0.4, 0.5) is 13.2 Å². The third kappa shape index (κ3) is 2.30. The van der Waals surface area contributed by atoms with Crippen LogP contribution in [-0.2, 0) is 0 Å². The summed E-state index contributed by atoms with van der Waals surface area (Å²) < 4.78 is 45.3. The molecule has 2 bridgehead atoms. The Hall–Kier alpha value is -2.84. The first kappa shape index (κ1) is 16.6. The molecular weight excluding hydrogens is 351 g/mol. The van der Waals surface area contributed by atoms with Crippen molar-refractivity contribution in [2.45, 2.75) is 24.8 Å². The summed E-state index contributed by atoms with van der Waals surface area (Å²) in [4.78, 5) is 29.4. The van der Waals surface area contributed by atoms with Crippen LogP contribution in [0.5, 0.6) is 0 Å². The zero-order chi connectivity index (χ0) is 18.6. The van der Waals surface area contributed by atoms with E-state index in [4.69, 9.17) is 10.2 Å². The van der Waals surface area contributed by atoms with Gasteiger partial charge in [0.05, 0.1) is 11.1 Å². The molecule has 0 spiro atoms. The molecule has 1 aromatic carbocycles. The molecule has 2 N–H and O–H groups in total. The maximum absolute atomic E-state index is 14.3. The van der Waals surface area contributed by atoms with Gasteiger partial charge in [-0.1, -0.05) is 12.1 Å². The Morgan fingerprint density at radius 2 is 2.12 bits per heavy atom. The zero-order valence-electron chi connectivity index (χ0n) is 13.4. The highest BCUT2D eigenvalue weighted by Gasteiger charge is 2.56. The van der Waals surface area contributed by atoms with Gasteiger partial charge in [0, 0.05) is 18.5 Å². The molecule has 26 heavy (non-hydrogen) atoms. The second-order valence-electron chi connectivity index (χ2n) is 6.49. The standard InChI is InChI=1S/C17H14F3N3O3/c18-12-8(15(19)20)2-1-3-9(12)17(25)23-5-7-4-10(23)11(7)14-13(16(21)24)22-6-26-14/h1-3,6-7,10-11,15H,4-5H2,(H2,21,24). The quantitative estimate of drug-likeness (QED) is 0.901. The van der Waals surface area contributed by atoms with E-state index < -0.39 is 29.6 Å². The summed E-state index contributed by atoms with van der Waals surface area (Å²) in [6.45, 7) is 0.325. The number of fused-ring (bicyclic) bond motifs is 1. The second kappa shape index (κ2) is 5.86. The van der Waals surface area contributed by atoms with E-state index in [1.165, 1.54) is 17.0 Å². The van der Waals surface area contributed by atoms with E-state index in [0.717, 1.165) is 12.5 Å². The van der Waals surface area contributed by atoms with Crippen molar-refractivity contribution in [1.29, 1.82) is 0 Å². The summed E-state index contributed by atoms with van der Waals surface area (Å²) in [5.41, 5.74) is 4.11. The predicted molar refractivity (Wildman–Crippen MR) is 82.1 cm³/mol. The summed E-state index contributed by atoms with van der Waals surface area (Å²) in [5.74, 6) is -2.50. The maximum Gasteiger partial charge on any atom is 0.270 e. The molecule has 3 aliphatic rings. The van der Waals surface area contributed by atoms with Gasteiger partial charge in [0.1, 0.15) is 11.6 Å². The minimum absolute atomic E-state index is 0.0184. The fourth-order valence-corrected chi connectivity index (χ4v) is 3.96. The van der Waals surface area contributed by atoms with Gasteiger partial charge >= 0.3 is 0 Å². The van der Waals surface area contributed by atoms with Crippen LogP contribution in [0, 0.1) is 11.7 Å². The first-order chi connectivity index (χ1) is 12.4. The van der Waals surface area contributed by atoms with Gasteiger partial charge in [0.2, 0.25) is 0 Å². The number of aromatic nitrogens is 1. The minimum Gasteiger partial charge on any atom is -0.447 e. The van der Waals surface area contributed by atoms with Crippen LogP contribution in [0.15, 0.2) is 29.0 Å². The van der Waals surface area contributed by atoms with Crippen LogP contribution in [0.3, 0.4) is 0 Å². The number of hydrogen-bond donors (Lipinski definition) is 1. The zero-order valence-corrected chi connectivity index (χ0v) is 13.4. The lowest BCUT2D eigenvalue weighted by Crippen LogP contribution is -2.40. The molecule has 6 nitrogen and oxygen atoms in total. The third-order valence-electron chi connectivity index (χ3n) is 5.18. The van der Waals surface area contributed by atoms with E-state index in [-0.39, 0.29) is 29.1 Å². The Bertz CT molecular complexity index is 898. The Morgan fingerprint density at radius 1 is 1.35 bits per heavy atom. The lowest BCUT2D eigenvalue weighted by atomic mass is 9.72. The van der Waals surface area contributed by atoms with E-state index in [2.05, 4.69) is 4.98 Å². The second-order valence-corrected chi connectivity index (χ2v) is 6.49. The first-order valence-electron chi connectivity index (χ1n) is 8.00. The summed E-state index contributed by atoms with van der Waals surface area (Å²) in [6.07, 6.45) is -1.23. The van der Waals surface area contributed by atoms with Crippen LogP contribution in [-0.4, -0.2) is 34.3 Å². The van der Waals surface area contributed by atoms with E-state index in [1.54, 1.807) is 0 Å². The van der Waals surface area contributed by atoms with Gasteiger partial charge in [-0.3, -0.25) is 9.59 Å². The van der Waals surface area contributed by atoms with Crippen LogP contribution < -0.4 is 5.73 Å². The normalized spacial score (nSPS) is 24.0. The number of halogens is 3. The van der Waals surface area contributed by atoms with E-state index in [1.807, 2.05) is 0 Å². The molecule has 3 fully saturated rings. The van der Waals surface area contributed by atoms with E-state index >= 15 is 0 Å². The molecule has 2 aliphatic heterocycles. The number of benzene rings is 1. The van der Waals surface area contributed by atoms with Gasteiger partial charge in [-0.05, 0) is 18.4 Å². The van der Waals surface area contributed by atoms with Gasteiger partial charge in [-0.2, -0.15) is 0 Å². The van der Waals surface area contributed by atoms with Crippen molar-refractivity contribution in [3.8, 4) is 0 Å². The Balaban J connectivity index is 1.62. The average molecular weight is 365 g/mol. The molecule has 5 rings (SSSR count). The number of carbonyl (C=O) groups excluding carboxylic acids is 2. The molecule has 1 saturated carbocycles. The number of nitrogens with two attached hydrogens (primary N) is 1. The maximum atomic E-state index is 14.3. The van der Waals surface area contributed by atoms with Crippen molar-refractivity contribution in [2.75, 3.05) is 6.54 Å². The van der Waals surface area contributed by atoms with Crippen molar-refractivity contribution in [3.63, 3.8) is 0 Å². The molecule has 0 radical (unpaired) electrons. The number of hydrogen-bond acceptors (Lipinski definition) is 4. The third-order valence-corrected chi connectivity index (χ3v) is 5.18. The van der Waals surface area contributed by atoms with Gasteiger partial charge in [-0.25, -0.2) is 18.2 Å². The molecule has 2 amide bonds. The van der Waals surface area contributed by atoms with Crippen molar-refractivity contribution >= 4 is 11.8 Å². The van der Waals surface area contributed by atoms with Gasteiger partial charge in [0.25, 0.3) is 18.2 Å². The number of oxazole rings is 1. The molecule has 9 heteroatoms. The number of nitrogens with zero attached hydrogens (tertiary/aromatic N) is 2. The number of rotatable bonds is 4. The fraction of sp³-hybridized carbons (Fsp3) is 0.353. The van der Waals surface area contributed by atoms with Gasteiger partial charge < -0.3 is 15.1 Å². The SMILES string of the molecule is NC(=O)c1ncoc1C1C2CC1N(C(=O)c1cccc(C(F)F)c1F)C2. The highest BCUT2D eigenvalue weighted by molar-refractivity contribution is 5.96. The van der Waals surface area contributed by atoms with Crippen LogP contribution in [0.1, 0.15) is 50.9 Å². The van der Waals surface area contributed by atoms with Crippen LogP contribution in [0.25, 0.3) is 0 Å². The fourth-order valence-electron chi connectivity index (χ4n) is 3.96. The molecule has 3 atom stereocenters. The molecule has 2 aromatic rings. The minimum atomic E-state index is -3.00. The largest absolute Gasteiger partial charge is 0.447 e. The average Bonchev–Trinajstić information content (AvgIpc) is 3.28. The lowest BCUT2D eigenvalue weighted by Gasteiger charge is -2.35. The highest BCUT2D eigenvalue weighted by atomic mass is 19.3. The lowest BCUT2D eigenvalue weighted by molar-refractivity contribution is 0.0723. The van der Waals surface area contributed by atoms with Crippen LogP contribution in [0.2, 0.25) is 0 Å². The molecule has 3 heterocycles. The topological polar surface area (TPSA) is 89.4 Å². The van der Waals surface area contributed by atoms with Crippen LogP contribution >= 0.6 is 0 Å². The smallest absolute Gasteiger partial charge is 0.270 e. The number of carbonyl (C=O) groups is 2. The molecule has 1 aromatic heterocycles. The molecular formula is C17H14F3N3O3. The summed E-state index contributed by atoms with van der Waals surface area (Å²) in [7, 11) is 0. The van der Waals surface area contributed by atoms with Gasteiger partial charge in [0.15, 0.2) is 12.1 Å². The van der Waals surface area contributed by atoms with Gasteiger partial charge in [-0.15, -0.1) is 0 Å². The van der Waals surface area contributed by atoms with Crippen molar-refractivity contribution in [3.05, 3.63) is 53.0 Å². The monoisotopic (exact) mass is 365 g/mol. The molecule has 2 saturated heterocycles. The summed E-state index contributed by atoms with van der Waals surface area (Å²) in [6, 6.07) is 3.07. The summed E-state index contributed by atoms with van der Waals surface area (Å²) in [5, 5.41) is 0. The number of amides is 2. The van der Waals surface area contributed by atoms with Crippen molar-refractivity contribution in [1.82, 2.24) is 9.88 Å².